The highest BCUT2D eigenvalue weighted by Gasteiger charge is 2.34. The summed E-state index contributed by atoms with van der Waals surface area (Å²) >= 11 is 0. The van der Waals surface area contributed by atoms with Crippen molar-refractivity contribution < 1.29 is 24.7 Å². The van der Waals surface area contributed by atoms with Crippen LogP contribution in [0.1, 0.15) is 57.4 Å². The van der Waals surface area contributed by atoms with Crippen molar-refractivity contribution in [3.63, 3.8) is 0 Å². The molecule has 1 fully saturated rings. The molecule has 3 unspecified atom stereocenters. The van der Waals surface area contributed by atoms with Gasteiger partial charge in [0.1, 0.15) is 6.04 Å². The highest BCUT2D eigenvalue weighted by Crippen LogP contribution is 2.20. The van der Waals surface area contributed by atoms with E-state index in [0.717, 1.165) is 37.7 Å². The van der Waals surface area contributed by atoms with Crippen LogP contribution >= 0.6 is 0 Å². The number of hydroxylamine groups is 1. The summed E-state index contributed by atoms with van der Waals surface area (Å²) in [5.74, 6) is -1.83. The Kier molecular flexibility index (Phi) is 10.5. The molecular formula is C23H35N3O5. The van der Waals surface area contributed by atoms with Crippen LogP contribution in [-0.2, 0) is 20.8 Å². The van der Waals surface area contributed by atoms with Crippen molar-refractivity contribution in [3.05, 3.63) is 35.9 Å². The molecule has 8 nitrogen and oxygen atoms in total. The Labute approximate surface area is 184 Å². The van der Waals surface area contributed by atoms with Crippen molar-refractivity contribution in [1.29, 1.82) is 0 Å². The quantitative estimate of drug-likeness (QED) is 0.228. The first-order chi connectivity index (χ1) is 15.0. The molecule has 4 N–H and O–H groups in total. The van der Waals surface area contributed by atoms with Crippen LogP contribution in [0.3, 0.4) is 0 Å². The number of carbonyl (C=O) groups excluding carboxylic acids is 3. The van der Waals surface area contributed by atoms with Crippen LogP contribution in [0.5, 0.6) is 0 Å². The number of hydrogen-bond donors (Lipinski definition) is 4. The zero-order valence-electron chi connectivity index (χ0n) is 18.3. The molecule has 3 atom stereocenters. The van der Waals surface area contributed by atoms with E-state index in [1.807, 2.05) is 30.3 Å². The fourth-order valence-electron chi connectivity index (χ4n) is 4.09. The molecule has 0 aromatic heterocycles. The Morgan fingerprint density at radius 3 is 2.58 bits per heavy atom. The molecule has 0 radical (unpaired) electrons. The fourth-order valence-corrected chi connectivity index (χ4v) is 4.09. The number of amides is 3. The lowest BCUT2D eigenvalue weighted by Crippen LogP contribution is -2.53. The average molecular weight is 434 g/mol. The summed E-state index contributed by atoms with van der Waals surface area (Å²) in [6, 6.07) is 8.43. The van der Waals surface area contributed by atoms with Gasteiger partial charge in [-0.1, -0.05) is 56.5 Å². The Balaban J connectivity index is 2.17. The molecule has 1 aromatic rings. The van der Waals surface area contributed by atoms with Crippen molar-refractivity contribution in [1.82, 2.24) is 15.7 Å². The normalized spacial score (nSPS) is 17.8. The van der Waals surface area contributed by atoms with E-state index >= 15 is 0 Å². The SMILES string of the molecule is CCCCCC(CC(=O)NO)C(=O)NC(Cc1ccccc1)C(=O)N1CCCC1CO. The van der Waals surface area contributed by atoms with Crippen molar-refractivity contribution >= 4 is 17.7 Å². The Bertz CT molecular complexity index is 712. The van der Waals surface area contributed by atoms with Crippen LogP contribution in [-0.4, -0.2) is 58.2 Å². The lowest BCUT2D eigenvalue weighted by atomic mass is 9.95. The number of nitrogens with zero attached hydrogens (tertiary/aromatic N) is 1. The molecule has 0 saturated carbocycles. The second kappa shape index (κ2) is 13.1. The summed E-state index contributed by atoms with van der Waals surface area (Å²) < 4.78 is 0. The first kappa shape index (κ1) is 24.8. The minimum Gasteiger partial charge on any atom is -0.394 e. The summed E-state index contributed by atoms with van der Waals surface area (Å²) in [6.45, 7) is 2.50. The molecule has 0 aliphatic carbocycles. The van der Waals surface area contributed by atoms with Crippen LogP contribution in [0, 0.1) is 5.92 Å². The third-order valence-electron chi connectivity index (χ3n) is 5.85. The summed E-state index contributed by atoms with van der Waals surface area (Å²) in [5, 5.41) is 21.4. The molecule has 172 valence electrons. The minimum absolute atomic E-state index is 0.103. The van der Waals surface area contributed by atoms with Gasteiger partial charge in [-0.05, 0) is 24.8 Å². The largest absolute Gasteiger partial charge is 0.394 e. The molecule has 1 aliphatic rings. The molecule has 1 heterocycles. The predicted octanol–water partition coefficient (Wildman–Crippen LogP) is 1.79. The van der Waals surface area contributed by atoms with E-state index in [1.54, 1.807) is 10.4 Å². The van der Waals surface area contributed by atoms with Crippen LogP contribution < -0.4 is 10.8 Å². The molecular weight excluding hydrogens is 398 g/mol. The van der Waals surface area contributed by atoms with E-state index in [-0.39, 0.29) is 30.9 Å². The number of likely N-dealkylation sites (tertiary alicyclic amines) is 1. The first-order valence-corrected chi connectivity index (χ1v) is 11.2. The van der Waals surface area contributed by atoms with Crippen molar-refractivity contribution in [3.8, 4) is 0 Å². The first-order valence-electron chi connectivity index (χ1n) is 11.2. The van der Waals surface area contributed by atoms with Gasteiger partial charge in [0.15, 0.2) is 0 Å². The summed E-state index contributed by atoms with van der Waals surface area (Å²) in [5.41, 5.74) is 2.51. The maximum Gasteiger partial charge on any atom is 0.245 e. The highest BCUT2D eigenvalue weighted by molar-refractivity contribution is 5.91. The molecule has 8 heteroatoms. The van der Waals surface area contributed by atoms with Gasteiger partial charge in [0, 0.05) is 25.3 Å². The zero-order chi connectivity index (χ0) is 22.6. The van der Waals surface area contributed by atoms with Crippen LogP contribution in [0.15, 0.2) is 30.3 Å². The van der Waals surface area contributed by atoms with Gasteiger partial charge in [-0.15, -0.1) is 0 Å². The van der Waals surface area contributed by atoms with E-state index in [0.29, 0.717) is 19.4 Å². The molecule has 1 aliphatic heterocycles. The van der Waals surface area contributed by atoms with Gasteiger partial charge in [0.25, 0.3) is 0 Å². The zero-order valence-corrected chi connectivity index (χ0v) is 18.3. The monoisotopic (exact) mass is 433 g/mol. The Hall–Kier alpha value is -2.45. The summed E-state index contributed by atoms with van der Waals surface area (Å²) in [7, 11) is 0. The average Bonchev–Trinajstić information content (AvgIpc) is 3.27. The van der Waals surface area contributed by atoms with E-state index in [1.165, 1.54) is 0 Å². The minimum atomic E-state index is -0.784. The van der Waals surface area contributed by atoms with Crippen molar-refractivity contribution in [2.75, 3.05) is 13.2 Å². The van der Waals surface area contributed by atoms with Crippen LogP contribution in [0.2, 0.25) is 0 Å². The second-order valence-electron chi connectivity index (χ2n) is 8.19. The lowest BCUT2D eigenvalue weighted by molar-refractivity contribution is -0.139. The molecule has 1 aromatic carbocycles. The summed E-state index contributed by atoms with van der Waals surface area (Å²) in [4.78, 5) is 39.7. The number of aliphatic hydroxyl groups excluding tert-OH is 1. The Morgan fingerprint density at radius 1 is 1.19 bits per heavy atom. The van der Waals surface area contributed by atoms with Crippen LogP contribution in [0.25, 0.3) is 0 Å². The third kappa shape index (κ3) is 7.63. The maximum absolute atomic E-state index is 13.3. The topological polar surface area (TPSA) is 119 Å². The lowest BCUT2D eigenvalue weighted by Gasteiger charge is -2.29. The van der Waals surface area contributed by atoms with Gasteiger partial charge in [-0.25, -0.2) is 5.48 Å². The molecule has 1 saturated heterocycles. The third-order valence-corrected chi connectivity index (χ3v) is 5.85. The van der Waals surface area contributed by atoms with E-state index < -0.39 is 17.9 Å². The van der Waals surface area contributed by atoms with Gasteiger partial charge in [-0.3, -0.25) is 19.6 Å². The number of nitrogens with one attached hydrogen (secondary N) is 2. The van der Waals surface area contributed by atoms with Crippen LogP contribution in [0.4, 0.5) is 0 Å². The molecule has 2 rings (SSSR count). The maximum atomic E-state index is 13.3. The number of benzene rings is 1. The molecule has 0 bridgehead atoms. The van der Waals surface area contributed by atoms with Crippen molar-refractivity contribution in [2.24, 2.45) is 5.92 Å². The predicted molar refractivity (Wildman–Crippen MR) is 116 cm³/mol. The fraction of sp³-hybridized carbons (Fsp3) is 0.609. The van der Waals surface area contributed by atoms with Crippen molar-refractivity contribution in [2.45, 2.75) is 70.4 Å². The van der Waals surface area contributed by atoms with Gasteiger partial charge in [-0.2, -0.15) is 0 Å². The number of rotatable bonds is 12. The number of hydrogen-bond acceptors (Lipinski definition) is 5. The van der Waals surface area contributed by atoms with E-state index in [4.69, 9.17) is 5.21 Å². The Morgan fingerprint density at radius 2 is 1.94 bits per heavy atom. The highest BCUT2D eigenvalue weighted by atomic mass is 16.5. The smallest absolute Gasteiger partial charge is 0.245 e. The summed E-state index contributed by atoms with van der Waals surface area (Å²) in [6.07, 6.45) is 4.95. The molecule has 3 amide bonds. The molecule has 31 heavy (non-hydrogen) atoms. The van der Waals surface area contributed by atoms with Gasteiger partial charge in [0.05, 0.1) is 12.6 Å². The number of aliphatic hydroxyl groups is 1. The van der Waals surface area contributed by atoms with Gasteiger partial charge in [0.2, 0.25) is 17.7 Å². The van der Waals surface area contributed by atoms with E-state index in [2.05, 4.69) is 12.2 Å². The van der Waals surface area contributed by atoms with Gasteiger partial charge < -0.3 is 15.3 Å². The standard InChI is InChI=1S/C23H35N3O5/c1-2-3-5-11-18(15-21(28)25-31)22(29)24-20(14-17-9-6-4-7-10-17)23(30)26-13-8-12-19(26)16-27/h4,6-7,9-10,18-20,27,31H,2-3,5,8,11-16H2,1H3,(H,24,29)(H,25,28). The van der Waals surface area contributed by atoms with Gasteiger partial charge >= 0.3 is 0 Å². The second-order valence-corrected chi connectivity index (χ2v) is 8.19. The number of unbranched alkanes of at least 4 members (excludes halogenated alkanes) is 2. The molecule has 0 spiro atoms. The van der Waals surface area contributed by atoms with E-state index in [9.17, 15) is 19.5 Å². The number of carbonyl (C=O) groups is 3.